The van der Waals surface area contributed by atoms with Crippen molar-refractivity contribution in [1.82, 2.24) is 9.91 Å². The molecule has 0 N–H and O–H groups in total. The van der Waals surface area contributed by atoms with Crippen LogP contribution in [-0.2, 0) is 9.53 Å². The van der Waals surface area contributed by atoms with Crippen molar-refractivity contribution in [3.63, 3.8) is 0 Å². The van der Waals surface area contributed by atoms with E-state index in [1.165, 1.54) is 23.1 Å². The first-order valence-corrected chi connectivity index (χ1v) is 12.1. The highest BCUT2D eigenvalue weighted by Crippen LogP contribution is 2.35. The Morgan fingerprint density at radius 2 is 1.69 bits per heavy atom. The Kier molecular flexibility index (Phi) is 8.36. The fraction of sp³-hybridized carbons (Fsp3) is 0.222. The van der Waals surface area contributed by atoms with Gasteiger partial charge in [0.15, 0.2) is 0 Å². The smallest absolute Gasteiger partial charge is 0.262 e. The zero-order valence-corrected chi connectivity index (χ0v) is 21.0. The summed E-state index contributed by atoms with van der Waals surface area (Å²) < 4.78 is 19.9. The van der Waals surface area contributed by atoms with Crippen LogP contribution in [0.15, 0.2) is 77.9 Å². The van der Waals surface area contributed by atoms with Gasteiger partial charge in [-0.1, -0.05) is 71.7 Å². The second-order valence-corrected chi connectivity index (χ2v) is 9.02. The number of amides is 2. The van der Waals surface area contributed by atoms with Crippen molar-refractivity contribution in [2.75, 3.05) is 26.8 Å². The molecule has 2 amide bonds. The number of nitrogens with zero attached hydrogens (tertiary/aromatic N) is 3. The number of rotatable bonds is 8. The molecule has 0 fully saturated rings. The molecule has 0 saturated carbocycles. The Morgan fingerprint density at radius 1 is 1.03 bits per heavy atom. The third-order valence-electron chi connectivity index (χ3n) is 5.90. The van der Waals surface area contributed by atoms with E-state index in [4.69, 9.17) is 27.9 Å². The van der Waals surface area contributed by atoms with Crippen molar-refractivity contribution in [3.8, 4) is 0 Å². The summed E-state index contributed by atoms with van der Waals surface area (Å²) in [6, 6.07) is 19.4. The first-order valence-electron chi connectivity index (χ1n) is 11.3. The van der Waals surface area contributed by atoms with Gasteiger partial charge in [0, 0.05) is 36.2 Å². The molecule has 0 aromatic heterocycles. The summed E-state index contributed by atoms with van der Waals surface area (Å²) in [5, 5.41) is 6.56. The van der Waals surface area contributed by atoms with Gasteiger partial charge in [0.05, 0.1) is 28.9 Å². The lowest BCUT2D eigenvalue weighted by Crippen LogP contribution is -2.43. The predicted molar refractivity (Wildman–Crippen MR) is 138 cm³/mol. The summed E-state index contributed by atoms with van der Waals surface area (Å²) >= 11 is 12.6. The maximum Gasteiger partial charge on any atom is 0.262 e. The maximum absolute atomic E-state index is 14.8. The summed E-state index contributed by atoms with van der Waals surface area (Å²) in [6.07, 6.45) is 0.271. The van der Waals surface area contributed by atoms with Gasteiger partial charge in [0.25, 0.3) is 11.8 Å². The van der Waals surface area contributed by atoms with E-state index in [-0.39, 0.29) is 36.7 Å². The molecule has 0 saturated heterocycles. The van der Waals surface area contributed by atoms with E-state index < -0.39 is 23.7 Å². The van der Waals surface area contributed by atoms with E-state index in [0.717, 1.165) is 0 Å². The third kappa shape index (κ3) is 5.59. The average molecular weight is 528 g/mol. The molecule has 0 unspecified atom stereocenters. The van der Waals surface area contributed by atoms with Gasteiger partial charge in [0.2, 0.25) is 0 Å². The lowest BCUT2D eigenvalue weighted by atomic mass is 9.98. The van der Waals surface area contributed by atoms with E-state index in [1.807, 2.05) is 6.07 Å². The summed E-state index contributed by atoms with van der Waals surface area (Å²) in [7, 11) is 1.51. The molecule has 3 aromatic carbocycles. The molecular weight excluding hydrogens is 504 g/mol. The monoisotopic (exact) mass is 527 g/mol. The molecule has 3 aromatic rings. The predicted octanol–water partition coefficient (Wildman–Crippen LogP) is 5.60. The molecule has 1 atom stereocenters. The van der Waals surface area contributed by atoms with Crippen LogP contribution in [0.1, 0.15) is 33.9 Å². The second kappa shape index (κ2) is 11.6. The van der Waals surface area contributed by atoms with Crippen LogP contribution < -0.4 is 0 Å². The van der Waals surface area contributed by atoms with E-state index in [1.54, 1.807) is 60.7 Å². The Hall–Kier alpha value is -3.26. The summed E-state index contributed by atoms with van der Waals surface area (Å²) in [6.45, 7) is 0.0810. The SMILES string of the molecule is COCCN(CC(=O)N1N=C(c2ccccc2Cl)C[C@H]1c1ccccc1F)C(=O)c1ccccc1Cl. The molecule has 0 aliphatic carbocycles. The third-order valence-corrected chi connectivity index (χ3v) is 6.56. The number of hydrogen-bond donors (Lipinski definition) is 0. The van der Waals surface area contributed by atoms with E-state index in [9.17, 15) is 14.0 Å². The highest BCUT2D eigenvalue weighted by Gasteiger charge is 2.36. The van der Waals surface area contributed by atoms with Crippen molar-refractivity contribution in [2.24, 2.45) is 5.10 Å². The first kappa shape index (κ1) is 25.8. The standard InChI is InChI=1S/C27H24Cl2FN3O3/c1-36-15-14-32(27(35)19-9-3-6-12-22(19)29)17-26(34)33-25(20-10-4-7-13-23(20)30)16-24(31-33)18-8-2-5-11-21(18)28/h2-13,25H,14-17H2,1H3/t25-/m0/s1. The fourth-order valence-electron chi connectivity index (χ4n) is 4.08. The minimum atomic E-state index is -0.690. The molecule has 1 heterocycles. The van der Waals surface area contributed by atoms with Crippen LogP contribution in [0, 0.1) is 5.82 Å². The van der Waals surface area contributed by atoms with Crippen LogP contribution in [0.5, 0.6) is 0 Å². The number of methoxy groups -OCH3 is 1. The zero-order valence-electron chi connectivity index (χ0n) is 19.5. The van der Waals surface area contributed by atoms with Gasteiger partial charge in [-0.15, -0.1) is 0 Å². The number of ether oxygens (including phenoxy) is 1. The van der Waals surface area contributed by atoms with Crippen molar-refractivity contribution in [2.45, 2.75) is 12.5 Å². The molecular formula is C27H24Cl2FN3O3. The summed E-state index contributed by atoms with van der Waals surface area (Å²) in [5.41, 5.74) is 1.83. The van der Waals surface area contributed by atoms with Gasteiger partial charge in [-0.2, -0.15) is 5.10 Å². The molecule has 36 heavy (non-hydrogen) atoms. The van der Waals surface area contributed by atoms with Crippen LogP contribution >= 0.6 is 23.2 Å². The largest absolute Gasteiger partial charge is 0.383 e. The molecule has 1 aliphatic rings. The Labute approximate surface area is 218 Å². The molecule has 186 valence electrons. The van der Waals surface area contributed by atoms with Gasteiger partial charge in [-0.25, -0.2) is 9.40 Å². The normalized spacial score (nSPS) is 15.1. The lowest BCUT2D eigenvalue weighted by molar-refractivity contribution is -0.133. The van der Waals surface area contributed by atoms with Gasteiger partial charge >= 0.3 is 0 Å². The minimum Gasteiger partial charge on any atom is -0.383 e. The van der Waals surface area contributed by atoms with Gasteiger partial charge in [-0.05, 0) is 24.3 Å². The summed E-state index contributed by atoms with van der Waals surface area (Å²) in [5.74, 6) is -1.33. The second-order valence-electron chi connectivity index (χ2n) is 8.21. The fourth-order valence-corrected chi connectivity index (χ4v) is 4.54. The van der Waals surface area contributed by atoms with E-state index in [0.29, 0.717) is 21.9 Å². The Bertz CT molecular complexity index is 1300. The van der Waals surface area contributed by atoms with E-state index in [2.05, 4.69) is 5.10 Å². The molecule has 0 radical (unpaired) electrons. The van der Waals surface area contributed by atoms with Crippen molar-refractivity contribution in [1.29, 1.82) is 0 Å². The number of carbonyl (C=O) groups excluding carboxylic acids is 2. The van der Waals surface area contributed by atoms with Crippen LogP contribution in [0.3, 0.4) is 0 Å². The molecule has 0 bridgehead atoms. The number of halogens is 3. The van der Waals surface area contributed by atoms with Gasteiger partial charge in [-0.3, -0.25) is 9.59 Å². The van der Waals surface area contributed by atoms with Crippen molar-refractivity contribution >= 4 is 40.7 Å². The van der Waals surface area contributed by atoms with Crippen molar-refractivity contribution < 1.29 is 18.7 Å². The van der Waals surface area contributed by atoms with Gasteiger partial charge in [0.1, 0.15) is 12.4 Å². The first-order chi connectivity index (χ1) is 17.4. The summed E-state index contributed by atoms with van der Waals surface area (Å²) in [4.78, 5) is 28.2. The molecule has 1 aliphatic heterocycles. The molecule has 0 spiro atoms. The number of benzene rings is 3. The van der Waals surface area contributed by atoms with Crippen molar-refractivity contribution in [3.05, 3.63) is 105 Å². The number of carbonyl (C=O) groups is 2. The molecule has 6 nitrogen and oxygen atoms in total. The minimum absolute atomic E-state index is 0.158. The van der Waals surface area contributed by atoms with Crippen LogP contribution in [0.25, 0.3) is 0 Å². The van der Waals surface area contributed by atoms with Crippen LogP contribution in [0.4, 0.5) is 4.39 Å². The Balaban J connectivity index is 1.67. The zero-order chi connectivity index (χ0) is 25.7. The van der Waals surface area contributed by atoms with Crippen LogP contribution in [0.2, 0.25) is 10.0 Å². The highest BCUT2D eigenvalue weighted by molar-refractivity contribution is 6.34. The number of hydrogen-bond acceptors (Lipinski definition) is 4. The topological polar surface area (TPSA) is 62.2 Å². The highest BCUT2D eigenvalue weighted by atomic mass is 35.5. The maximum atomic E-state index is 14.8. The molecule has 4 rings (SSSR count). The number of hydrazone groups is 1. The quantitative estimate of drug-likeness (QED) is 0.383. The van der Waals surface area contributed by atoms with Crippen LogP contribution in [-0.4, -0.2) is 54.2 Å². The molecule has 9 heteroatoms. The average Bonchev–Trinajstić information content (AvgIpc) is 3.32. The lowest BCUT2D eigenvalue weighted by Gasteiger charge is -2.27. The van der Waals surface area contributed by atoms with E-state index >= 15 is 0 Å². The van der Waals surface area contributed by atoms with Gasteiger partial charge < -0.3 is 9.64 Å². The Morgan fingerprint density at radius 3 is 2.39 bits per heavy atom.